The molecule has 0 aromatic rings. The first-order valence-electron chi connectivity index (χ1n) is 28.6. The molecular weight excluding hydrogens is 817 g/mol. The summed E-state index contributed by atoms with van der Waals surface area (Å²) in [5.41, 5.74) is 0. The number of carbonyl (C=O) groups excluding carboxylic acids is 3. The Bertz CT molecular complexity index is 1150. The lowest BCUT2D eigenvalue weighted by Crippen LogP contribution is -2.30. The fourth-order valence-electron chi connectivity index (χ4n) is 8.32. The van der Waals surface area contributed by atoms with E-state index in [4.69, 9.17) is 14.2 Å². The molecular formula is C60H108O6. The Morgan fingerprint density at radius 3 is 0.924 bits per heavy atom. The Balaban J connectivity index is 4.10. The van der Waals surface area contributed by atoms with E-state index in [1.54, 1.807) is 0 Å². The van der Waals surface area contributed by atoms with Crippen LogP contribution in [0, 0.1) is 0 Å². The summed E-state index contributed by atoms with van der Waals surface area (Å²) in [6.45, 7) is 6.52. The first-order valence-corrected chi connectivity index (χ1v) is 28.6. The van der Waals surface area contributed by atoms with Crippen LogP contribution in [0.2, 0.25) is 0 Å². The molecule has 66 heavy (non-hydrogen) atoms. The van der Waals surface area contributed by atoms with Gasteiger partial charge in [0.05, 0.1) is 0 Å². The molecule has 0 aromatic carbocycles. The molecule has 0 rings (SSSR count). The molecule has 1 unspecified atom stereocenters. The molecule has 6 nitrogen and oxygen atoms in total. The summed E-state index contributed by atoms with van der Waals surface area (Å²) < 4.78 is 16.8. The summed E-state index contributed by atoms with van der Waals surface area (Å²) in [5, 5.41) is 0. The lowest BCUT2D eigenvalue weighted by Gasteiger charge is -2.18. The smallest absolute Gasteiger partial charge is 0.306 e. The van der Waals surface area contributed by atoms with Crippen LogP contribution in [0.5, 0.6) is 0 Å². The number of allylic oxidation sites excluding steroid dienone is 8. The minimum absolute atomic E-state index is 0.0682. The molecule has 0 aliphatic rings. The predicted octanol–water partition coefficient (Wildman–Crippen LogP) is 19.0. The third kappa shape index (κ3) is 52.3. The number of hydrogen-bond donors (Lipinski definition) is 0. The van der Waals surface area contributed by atoms with Crippen LogP contribution in [0.15, 0.2) is 48.6 Å². The van der Waals surface area contributed by atoms with Gasteiger partial charge in [0.25, 0.3) is 0 Å². The van der Waals surface area contributed by atoms with Crippen molar-refractivity contribution in [2.45, 2.75) is 303 Å². The highest BCUT2D eigenvalue weighted by molar-refractivity contribution is 5.71. The predicted molar refractivity (Wildman–Crippen MR) is 284 cm³/mol. The minimum Gasteiger partial charge on any atom is -0.462 e. The number of ether oxygens (including phenoxy) is 3. The van der Waals surface area contributed by atoms with E-state index in [2.05, 4.69) is 69.4 Å². The fourth-order valence-corrected chi connectivity index (χ4v) is 8.32. The minimum atomic E-state index is -0.766. The molecule has 0 aromatic heterocycles. The van der Waals surface area contributed by atoms with Gasteiger partial charge >= 0.3 is 17.9 Å². The number of rotatable bonds is 52. The summed E-state index contributed by atoms with van der Waals surface area (Å²) in [6.07, 6.45) is 66.9. The van der Waals surface area contributed by atoms with Crippen molar-refractivity contribution in [2.75, 3.05) is 13.2 Å². The zero-order chi connectivity index (χ0) is 47.9. The molecule has 1 atom stereocenters. The van der Waals surface area contributed by atoms with Crippen molar-refractivity contribution in [3.05, 3.63) is 48.6 Å². The molecule has 0 amide bonds. The third-order valence-electron chi connectivity index (χ3n) is 12.6. The van der Waals surface area contributed by atoms with E-state index in [0.29, 0.717) is 19.3 Å². The molecule has 0 saturated carbocycles. The van der Waals surface area contributed by atoms with Crippen LogP contribution < -0.4 is 0 Å². The third-order valence-corrected chi connectivity index (χ3v) is 12.6. The molecule has 0 saturated heterocycles. The van der Waals surface area contributed by atoms with Crippen LogP contribution in [-0.4, -0.2) is 37.2 Å². The fraction of sp³-hybridized carbons (Fsp3) is 0.817. The molecule has 384 valence electrons. The van der Waals surface area contributed by atoms with E-state index in [1.165, 1.54) is 173 Å². The maximum absolute atomic E-state index is 12.8. The molecule has 0 fully saturated rings. The van der Waals surface area contributed by atoms with E-state index in [0.717, 1.165) is 83.5 Å². The van der Waals surface area contributed by atoms with Crippen LogP contribution in [-0.2, 0) is 28.6 Å². The van der Waals surface area contributed by atoms with Gasteiger partial charge in [-0.1, -0.05) is 268 Å². The Labute approximate surface area is 409 Å². The average Bonchev–Trinajstić information content (AvgIpc) is 3.31. The van der Waals surface area contributed by atoms with Crippen molar-refractivity contribution in [3.8, 4) is 0 Å². The lowest BCUT2D eigenvalue weighted by atomic mass is 10.0. The van der Waals surface area contributed by atoms with Gasteiger partial charge in [0, 0.05) is 19.3 Å². The van der Waals surface area contributed by atoms with Crippen LogP contribution >= 0.6 is 0 Å². The van der Waals surface area contributed by atoms with Gasteiger partial charge in [0.15, 0.2) is 6.10 Å². The monoisotopic (exact) mass is 925 g/mol. The second-order valence-electron chi connectivity index (χ2n) is 19.2. The Morgan fingerprint density at radius 1 is 0.318 bits per heavy atom. The zero-order valence-electron chi connectivity index (χ0n) is 44.0. The number of esters is 3. The van der Waals surface area contributed by atoms with Gasteiger partial charge < -0.3 is 14.2 Å². The Kier molecular flexibility index (Phi) is 52.8. The largest absolute Gasteiger partial charge is 0.462 e. The molecule has 0 bridgehead atoms. The summed E-state index contributed by atoms with van der Waals surface area (Å²) in [5.74, 6) is -0.859. The first kappa shape index (κ1) is 63.4. The van der Waals surface area contributed by atoms with Gasteiger partial charge in [-0.2, -0.15) is 0 Å². The van der Waals surface area contributed by atoms with Crippen molar-refractivity contribution in [2.24, 2.45) is 0 Å². The van der Waals surface area contributed by atoms with E-state index in [-0.39, 0.29) is 31.1 Å². The van der Waals surface area contributed by atoms with Crippen molar-refractivity contribution < 1.29 is 28.6 Å². The van der Waals surface area contributed by atoms with Crippen LogP contribution in [0.3, 0.4) is 0 Å². The standard InChI is InChI=1S/C60H108O6/c1-4-7-10-13-16-19-21-23-24-25-26-27-28-29-30-31-32-33-34-35-36-38-39-41-44-47-50-53-59(62)65-56-57(55-64-58(61)52-49-46-43-18-15-12-9-6-3)66-60(63)54-51-48-45-42-40-37-22-20-17-14-11-8-5-2/h7,10,16,19,23-24,26-27,57H,4-6,8-9,11-15,17-18,20-22,25,28-56H2,1-3H3/b10-7-,19-16-,24-23-,27-26-. The van der Waals surface area contributed by atoms with E-state index in [1.807, 2.05) is 0 Å². The summed E-state index contributed by atoms with van der Waals surface area (Å²) in [4.78, 5) is 37.9. The van der Waals surface area contributed by atoms with Crippen molar-refractivity contribution in [3.63, 3.8) is 0 Å². The Morgan fingerprint density at radius 2 is 0.591 bits per heavy atom. The average molecular weight is 926 g/mol. The highest BCUT2D eigenvalue weighted by Gasteiger charge is 2.19. The highest BCUT2D eigenvalue weighted by atomic mass is 16.6. The van der Waals surface area contributed by atoms with Crippen molar-refractivity contribution in [1.29, 1.82) is 0 Å². The number of hydrogen-bond acceptors (Lipinski definition) is 6. The van der Waals surface area contributed by atoms with Crippen molar-refractivity contribution >= 4 is 17.9 Å². The highest BCUT2D eigenvalue weighted by Crippen LogP contribution is 2.17. The van der Waals surface area contributed by atoms with E-state index >= 15 is 0 Å². The first-order chi connectivity index (χ1) is 32.5. The maximum atomic E-state index is 12.8. The van der Waals surface area contributed by atoms with Crippen LogP contribution in [0.1, 0.15) is 297 Å². The van der Waals surface area contributed by atoms with E-state index in [9.17, 15) is 14.4 Å². The second kappa shape index (κ2) is 55.0. The summed E-state index contributed by atoms with van der Waals surface area (Å²) >= 11 is 0. The molecule has 0 spiro atoms. The lowest BCUT2D eigenvalue weighted by molar-refractivity contribution is -0.167. The number of carbonyl (C=O) groups is 3. The Hall–Kier alpha value is -2.63. The molecule has 0 heterocycles. The topological polar surface area (TPSA) is 78.9 Å². The van der Waals surface area contributed by atoms with Crippen LogP contribution in [0.4, 0.5) is 0 Å². The van der Waals surface area contributed by atoms with Gasteiger partial charge in [-0.3, -0.25) is 14.4 Å². The van der Waals surface area contributed by atoms with Gasteiger partial charge in [-0.25, -0.2) is 0 Å². The maximum Gasteiger partial charge on any atom is 0.306 e. The SMILES string of the molecule is CC/C=C\C/C=C\C/C=C\C/C=C\CCCCCCCCCCCCCCCCC(=O)OCC(COC(=O)CCCCCCCCCC)OC(=O)CCCCCCCCCCCCCCC. The number of unbranched alkanes of at least 4 members (excludes halogenated alkanes) is 33. The molecule has 6 heteroatoms. The molecule has 0 N–H and O–H groups in total. The molecule has 0 radical (unpaired) electrons. The van der Waals surface area contributed by atoms with Crippen molar-refractivity contribution in [1.82, 2.24) is 0 Å². The summed E-state index contributed by atoms with van der Waals surface area (Å²) in [6, 6.07) is 0. The van der Waals surface area contributed by atoms with Gasteiger partial charge in [0.2, 0.25) is 0 Å². The zero-order valence-corrected chi connectivity index (χ0v) is 44.0. The van der Waals surface area contributed by atoms with Gasteiger partial charge in [0.1, 0.15) is 13.2 Å². The van der Waals surface area contributed by atoms with Gasteiger partial charge in [-0.05, 0) is 57.8 Å². The molecule has 0 aliphatic carbocycles. The normalized spacial score (nSPS) is 12.3. The van der Waals surface area contributed by atoms with Crippen LogP contribution in [0.25, 0.3) is 0 Å². The quantitative estimate of drug-likeness (QED) is 0.0262. The summed E-state index contributed by atoms with van der Waals surface area (Å²) in [7, 11) is 0. The van der Waals surface area contributed by atoms with Gasteiger partial charge in [-0.15, -0.1) is 0 Å². The second-order valence-corrected chi connectivity index (χ2v) is 19.2. The van der Waals surface area contributed by atoms with E-state index < -0.39 is 6.10 Å². The molecule has 0 aliphatic heterocycles.